The molecule has 0 spiro atoms. The first-order valence-corrected chi connectivity index (χ1v) is 5.80. The van der Waals surface area contributed by atoms with Crippen molar-refractivity contribution in [1.82, 2.24) is 4.90 Å². The maximum Gasteiger partial charge on any atom is 0.253 e. The lowest BCUT2D eigenvalue weighted by atomic mass is 10.1. The van der Waals surface area contributed by atoms with Gasteiger partial charge in [-0.3, -0.25) is 4.79 Å². The van der Waals surface area contributed by atoms with Gasteiger partial charge in [-0.05, 0) is 44.0 Å². The molecule has 0 heterocycles. The Bertz CT molecular complexity index is 390. The van der Waals surface area contributed by atoms with Crippen molar-refractivity contribution in [2.45, 2.75) is 20.3 Å². The molecule has 2 N–H and O–H groups in total. The lowest BCUT2D eigenvalue weighted by Crippen LogP contribution is -2.32. The number of aliphatic hydroxyl groups excluding tert-OH is 1. The van der Waals surface area contributed by atoms with Gasteiger partial charge in [-0.2, -0.15) is 0 Å². The van der Waals surface area contributed by atoms with Gasteiger partial charge in [-0.1, -0.05) is 0 Å². The summed E-state index contributed by atoms with van der Waals surface area (Å²) in [6.45, 7) is 4.90. The molecule has 4 nitrogen and oxygen atoms in total. The molecule has 17 heavy (non-hydrogen) atoms. The highest BCUT2D eigenvalue weighted by atomic mass is 16.3. The number of carbonyl (C=O) groups excluding carboxylic acids is 1. The predicted molar refractivity (Wildman–Crippen MR) is 66.1 cm³/mol. The van der Waals surface area contributed by atoms with Gasteiger partial charge in [0.2, 0.25) is 0 Å². The van der Waals surface area contributed by atoms with Gasteiger partial charge in [-0.25, -0.2) is 0 Å². The predicted octanol–water partition coefficient (Wildman–Crippen LogP) is 1.55. The number of aliphatic hydroxyl groups is 1. The number of hydrogen-bond acceptors (Lipinski definition) is 3. The minimum atomic E-state index is -0.0657. The van der Waals surface area contributed by atoms with Crippen molar-refractivity contribution in [3.05, 3.63) is 29.3 Å². The highest BCUT2D eigenvalue weighted by molar-refractivity contribution is 5.94. The average Bonchev–Trinajstić information content (AvgIpc) is 2.33. The number of nitrogens with zero attached hydrogens (tertiary/aromatic N) is 1. The summed E-state index contributed by atoms with van der Waals surface area (Å²) in [5.41, 5.74) is 1.26. The molecule has 0 radical (unpaired) electrons. The summed E-state index contributed by atoms with van der Waals surface area (Å²) in [7, 11) is 0. The smallest absolute Gasteiger partial charge is 0.253 e. The highest BCUT2D eigenvalue weighted by Gasteiger charge is 2.14. The number of rotatable bonds is 5. The monoisotopic (exact) mass is 237 g/mol. The molecule has 1 amide bonds. The van der Waals surface area contributed by atoms with Crippen LogP contribution in [0.5, 0.6) is 5.75 Å². The van der Waals surface area contributed by atoms with Gasteiger partial charge in [-0.15, -0.1) is 0 Å². The van der Waals surface area contributed by atoms with Crippen molar-refractivity contribution in [2.24, 2.45) is 0 Å². The summed E-state index contributed by atoms with van der Waals surface area (Å²) >= 11 is 0. The largest absolute Gasteiger partial charge is 0.508 e. The normalized spacial score (nSPS) is 10.3. The third-order valence-electron chi connectivity index (χ3n) is 2.70. The summed E-state index contributed by atoms with van der Waals surface area (Å²) in [5, 5.41) is 18.2. The Morgan fingerprint density at radius 3 is 2.65 bits per heavy atom. The van der Waals surface area contributed by atoms with Crippen molar-refractivity contribution < 1.29 is 15.0 Å². The number of amides is 1. The second-order valence-corrected chi connectivity index (χ2v) is 3.96. The number of hydrogen-bond donors (Lipinski definition) is 2. The average molecular weight is 237 g/mol. The molecule has 0 bridgehead atoms. The Balaban J connectivity index is 2.82. The molecular formula is C13H19NO3. The molecule has 0 fully saturated rings. The third kappa shape index (κ3) is 3.46. The van der Waals surface area contributed by atoms with E-state index in [2.05, 4.69) is 0 Å². The van der Waals surface area contributed by atoms with Crippen LogP contribution in [0.1, 0.15) is 29.3 Å². The van der Waals surface area contributed by atoms with Crippen LogP contribution in [-0.2, 0) is 0 Å². The summed E-state index contributed by atoms with van der Waals surface area (Å²) in [6.07, 6.45) is 0.580. The molecule has 1 aromatic carbocycles. The number of phenolic OH excluding ortho intramolecular Hbond substituents is 1. The summed E-state index contributed by atoms with van der Waals surface area (Å²) in [4.78, 5) is 13.8. The van der Waals surface area contributed by atoms with Crippen LogP contribution in [0.3, 0.4) is 0 Å². The van der Waals surface area contributed by atoms with Crippen LogP contribution in [0.15, 0.2) is 18.2 Å². The molecule has 1 rings (SSSR count). The molecule has 0 aliphatic rings. The van der Waals surface area contributed by atoms with Crippen LogP contribution < -0.4 is 0 Å². The molecule has 0 aromatic heterocycles. The fourth-order valence-corrected chi connectivity index (χ4v) is 1.64. The van der Waals surface area contributed by atoms with Gasteiger partial charge in [0.05, 0.1) is 0 Å². The number of carbonyl (C=O) groups is 1. The summed E-state index contributed by atoms with van der Waals surface area (Å²) in [6, 6.07) is 4.83. The van der Waals surface area contributed by atoms with E-state index in [0.717, 1.165) is 0 Å². The SMILES string of the molecule is CCN(CCCO)C(=O)c1ccc(O)c(C)c1. The molecule has 1 aromatic rings. The Morgan fingerprint density at radius 2 is 2.12 bits per heavy atom. The van der Waals surface area contributed by atoms with Gasteiger partial charge in [0.15, 0.2) is 0 Å². The molecule has 0 saturated carbocycles. The number of aryl methyl sites for hydroxylation is 1. The summed E-state index contributed by atoms with van der Waals surface area (Å²) < 4.78 is 0. The first kappa shape index (κ1) is 13.5. The quantitative estimate of drug-likeness (QED) is 0.816. The highest BCUT2D eigenvalue weighted by Crippen LogP contribution is 2.18. The van der Waals surface area contributed by atoms with Gasteiger partial charge in [0.25, 0.3) is 5.91 Å². The van der Waals surface area contributed by atoms with Crippen LogP contribution in [0, 0.1) is 6.92 Å². The maximum absolute atomic E-state index is 12.1. The van der Waals surface area contributed by atoms with Crippen molar-refractivity contribution in [2.75, 3.05) is 19.7 Å². The van der Waals surface area contributed by atoms with E-state index in [4.69, 9.17) is 5.11 Å². The molecule has 0 saturated heterocycles. The van der Waals surface area contributed by atoms with Gasteiger partial charge in [0, 0.05) is 25.3 Å². The van der Waals surface area contributed by atoms with E-state index in [1.807, 2.05) is 6.92 Å². The zero-order chi connectivity index (χ0) is 12.8. The topological polar surface area (TPSA) is 60.8 Å². The Kier molecular flexibility index (Phi) is 4.97. The molecule has 0 aliphatic carbocycles. The number of aromatic hydroxyl groups is 1. The molecular weight excluding hydrogens is 218 g/mol. The van der Waals surface area contributed by atoms with E-state index in [9.17, 15) is 9.90 Å². The van der Waals surface area contributed by atoms with Crippen molar-refractivity contribution in [3.63, 3.8) is 0 Å². The third-order valence-corrected chi connectivity index (χ3v) is 2.70. The Hall–Kier alpha value is -1.55. The fourth-order valence-electron chi connectivity index (χ4n) is 1.64. The maximum atomic E-state index is 12.1. The van der Waals surface area contributed by atoms with E-state index < -0.39 is 0 Å². The van der Waals surface area contributed by atoms with E-state index in [0.29, 0.717) is 30.6 Å². The second-order valence-electron chi connectivity index (χ2n) is 3.96. The second kappa shape index (κ2) is 6.25. The molecule has 94 valence electrons. The summed E-state index contributed by atoms with van der Waals surface area (Å²) in [5.74, 6) is 0.129. The lowest BCUT2D eigenvalue weighted by Gasteiger charge is -2.20. The van der Waals surface area contributed by atoms with Crippen LogP contribution in [0.25, 0.3) is 0 Å². The van der Waals surface area contributed by atoms with Crippen LogP contribution in [0.2, 0.25) is 0 Å². The first-order valence-electron chi connectivity index (χ1n) is 5.80. The molecule has 0 atom stereocenters. The minimum Gasteiger partial charge on any atom is -0.508 e. The van der Waals surface area contributed by atoms with Crippen LogP contribution in [0.4, 0.5) is 0 Å². The lowest BCUT2D eigenvalue weighted by molar-refractivity contribution is 0.0754. The Labute approximate surface area is 101 Å². The molecule has 0 unspecified atom stereocenters. The van der Waals surface area contributed by atoms with Crippen molar-refractivity contribution in [1.29, 1.82) is 0 Å². The van der Waals surface area contributed by atoms with Crippen LogP contribution >= 0.6 is 0 Å². The van der Waals surface area contributed by atoms with E-state index >= 15 is 0 Å². The Morgan fingerprint density at radius 1 is 1.41 bits per heavy atom. The standard InChI is InChI=1S/C13H19NO3/c1-3-14(7-4-8-15)13(17)11-5-6-12(16)10(2)9-11/h5-6,9,15-16H,3-4,7-8H2,1-2H3. The zero-order valence-corrected chi connectivity index (χ0v) is 10.3. The van der Waals surface area contributed by atoms with Crippen LogP contribution in [-0.4, -0.2) is 40.7 Å². The van der Waals surface area contributed by atoms with Crippen molar-refractivity contribution >= 4 is 5.91 Å². The molecule has 0 aliphatic heterocycles. The van der Waals surface area contributed by atoms with Gasteiger partial charge >= 0.3 is 0 Å². The van der Waals surface area contributed by atoms with Gasteiger partial charge in [0.1, 0.15) is 5.75 Å². The minimum absolute atomic E-state index is 0.0657. The molecule has 4 heteroatoms. The van der Waals surface area contributed by atoms with Gasteiger partial charge < -0.3 is 15.1 Å². The number of benzene rings is 1. The first-order chi connectivity index (χ1) is 8.10. The van der Waals surface area contributed by atoms with Crippen molar-refractivity contribution in [3.8, 4) is 5.75 Å². The van der Waals surface area contributed by atoms with E-state index in [-0.39, 0.29) is 18.3 Å². The fraction of sp³-hybridized carbons (Fsp3) is 0.462. The number of phenols is 1. The van der Waals surface area contributed by atoms with E-state index in [1.54, 1.807) is 24.0 Å². The zero-order valence-electron chi connectivity index (χ0n) is 10.3. The van der Waals surface area contributed by atoms with E-state index in [1.165, 1.54) is 6.07 Å².